The number of rotatable bonds is 10. The summed E-state index contributed by atoms with van der Waals surface area (Å²) in [7, 11) is 0. The normalized spacial score (nSPS) is 13.5. The van der Waals surface area contributed by atoms with E-state index in [1.54, 1.807) is 0 Å². The Kier molecular flexibility index (Phi) is 7.83. The van der Waals surface area contributed by atoms with Crippen molar-refractivity contribution in [2.75, 3.05) is 11.9 Å². The Bertz CT molecular complexity index is 1480. The van der Waals surface area contributed by atoms with Crippen LogP contribution in [0.15, 0.2) is 83.5 Å². The number of carbonyl (C=O) groups excluding carboxylic acids is 2. The lowest BCUT2D eigenvalue weighted by molar-refractivity contribution is -0.143. The van der Waals surface area contributed by atoms with Gasteiger partial charge in [0.1, 0.15) is 6.61 Å². The van der Waals surface area contributed by atoms with E-state index in [1.807, 2.05) is 78.9 Å². The topological polar surface area (TPSA) is 153 Å². The lowest BCUT2D eigenvalue weighted by atomic mass is 9.98. The highest BCUT2D eigenvalue weighted by Gasteiger charge is 2.32. The van der Waals surface area contributed by atoms with Crippen molar-refractivity contribution in [3.8, 4) is 11.1 Å². The van der Waals surface area contributed by atoms with Gasteiger partial charge in [0, 0.05) is 5.92 Å². The number of ether oxygens (including phenoxy) is 2. The number of hydrogen-bond acceptors (Lipinski definition) is 8. The third-order valence-corrected chi connectivity index (χ3v) is 6.65. The van der Waals surface area contributed by atoms with Gasteiger partial charge in [0.25, 0.3) is 5.91 Å². The van der Waals surface area contributed by atoms with E-state index in [1.165, 1.54) is 6.92 Å². The second-order valence-corrected chi connectivity index (χ2v) is 9.20. The molecule has 1 aromatic heterocycles. The van der Waals surface area contributed by atoms with Crippen LogP contribution in [0.4, 0.5) is 10.6 Å². The number of hydrogen-bond donors (Lipinski definition) is 3. The highest BCUT2D eigenvalue weighted by molar-refractivity contribution is 6.01. The summed E-state index contributed by atoms with van der Waals surface area (Å²) in [4.78, 5) is 37.4. The number of nitrogens with one attached hydrogen (secondary N) is 2. The van der Waals surface area contributed by atoms with Crippen molar-refractivity contribution in [3.05, 3.63) is 101 Å². The van der Waals surface area contributed by atoms with Crippen LogP contribution in [0.25, 0.3) is 11.1 Å². The van der Waals surface area contributed by atoms with Gasteiger partial charge >= 0.3 is 12.1 Å². The number of fused-ring (bicyclic) bond motifs is 3. The first kappa shape index (κ1) is 26.6. The lowest BCUT2D eigenvalue weighted by Gasteiger charge is -2.21. The molecule has 5 rings (SSSR count). The SMILES string of the molecule is CC(OCc1ccccc1)C(NC(=O)c1nonc1NC(=O)OCC1c2ccccc2-c2ccccc21)C(=O)O. The van der Waals surface area contributed by atoms with Gasteiger partial charge in [0.15, 0.2) is 6.04 Å². The predicted molar refractivity (Wildman–Crippen MR) is 143 cm³/mol. The molecule has 0 fully saturated rings. The van der Waals surface area contributed by atoms with Crippen LogP contribution < -0.4 is 10.6 Å². The van der Waals surface area contributed by atoms with Crippen molar-refractivity contribution >= 4 is 23.8 Å². The molecular formula is C29H26N4O7. The minimum Gasteiger partial charge on any atom is -0.480 e. The van der Waals surface area contributed by atoms with E-state index in [4.69, 9.17) is 9.47 Å². The second kappa shape index (κ2) is 11.8. The van der Waals surface area contributed by atoms with Crippen molar-refractivity contribution in [3.63, 3.8) is 0 Å². The Balaban J connectivity index is 1.20. The molecule has 204 valence electrons. The number of aliphatic carboxylic acids is 1. The van der Waals surface area contributed by atoms with E-state index in [2.05, 4.69) is 25.6 Å². The van der Waals surface area contributed by atoms with Gasteiger partial charge in [-0.1, -0.05) is 78.9 Å². The Labute approximate surface area is 229 Å². The molecule has 3 aromatic carbocycles. The number of carboxylic acids is 1. The van der Waals surface area contributed by atoms with Gasteiger partial charge in [-0.25, -0.2) is 14.2 Å². The van der Waals surface area contributed by atoms with Crippen LogP contribution in [0, 0.1) is 0 Å². The van der Waals surface area contributed by atoms with Crippen molar-refractivity contribution in [2.45, 2.75) is 31.6 Å². The van der Waals surface area contributed by atoms with Gasteiger partial charge in [-0.3, -0.25) is 10.1 Å². The number of carboxylic acid groups (broad SMARTS) is 1. The molecule has 2 unspecified atom stereocenters. The Morgan fingerprint density at radius 2 is 1.55 bits per heavy atom. The van der Waals surface area contributed by atoms with Crippen LogP contribution in [0.3, 0.4) is 0 Å². The molecule has 40 heavy (non-hydrogen) atoms. The fraction of sp³-hybridized carbons (Fsp3) is 0.207. The number of nitrogens with zero attached hydrogens (tertiary/aromatic N) is 2. The molecule has 3 N–H and O–H groups in total. The number of anilines is 1. The van der Waals surface area contributed by atoms with E-state index < -0.39 is 35.8 Å². The zero-order valence-electron chi connectivity index (χ0n) is 21.4. The molecule has 2 amide bonds. The molecule has 4 aromatic rings. The third kappa shape index (κ3) is 5.69. The van der Waals surface area contributed by atoms with Crippen LogP contribution in [0.1, 0.15) is 40.0 Å². The van der Waals surface area contributed by atoms with Crippen LogP contribution >= 0.6 is 0 Å². The summed E-state index contributed by atoms with van der Waals surface area (Å²) in [6.45, 7) is 1.73. The first-order valence-corrected chi connectivity index (χ1v) is 12.6. The Morgan fingerprint density at radius 1 is 0.925 bits per heavy atom. The number of carbonyl (C=O) groups is 3. The zero-order valence-corrected chi connectivity index (χ0v) is 21.4. The van der Waals surface area contributed by atoms with E-state index in [0.717, 1.165) is 27.8 Å². The van der Waals surface area contributed by atoms with Gasteiger partial charge in [-0.15, -0.1) is 0 Å². The smallest absolute Gasteiger partial charge is 0.412 e. The summed E-state index contributed by atoms with van der Waals surface area (Å²) in [6.07, 6.45) is -1.76. The molecule has 1 aliphatic carbocycles. The van der Waals surface area contributed by atoms with Crippen molar-refractivity contribution < 1.29 is 33.6 Å². The molecule has 0 radical (unpaired) electrons. The van der Waals surface area contributed by atoms with Crippen molar-refractivity contribution in [1.29, 1.82) is 0 Å². The van der Waals surface area contributed by atoms with Crippen molar-refractivity contribution in [1.82, 2.24) is 15.6 Å². The number of aromatic nitrogens is 2. The van der Waals surface area contributed by atoms with Crippen LogP contribution in [-0.4, -0.2) is 52.1 Å². The maximum atomic E-state index is 12.9. The first-order chi connectivity index (χ1) is 19.4. The molecule has 0 saturated carbocycles. The molecule has 11 nitrogen and oxygen atoms in total. The Morgan fingerprint density at radius 3 is 2.20 bits per heavy atom. The number of benzene rings is 3. The largest absolute Gasteiger partial charge is 0.480 e. The van der Waals surface area contributed by atoms with Crippen molar-refractivity contribution in [2.24, 2.45) is 0 Å². The summed E-state index contributed by atoms with van der Waals surface area (Å²) in [5.74, 6) is -2.70. The standard InChI is InChI=1S/C29H26N4O7/c1-17(38-15-18-9-3-2-4-10-18)24(28(35)36)30-27(34)25-26(33-40-32-25)31-29(37)39-16-23-21-13-7-5-11-19(21)20-12-6-8-14-22(20)23/h2-14,17,23-24H,15-16H2,1H3,(H,30,34)(H,35,36)(H,31,33,37). The molecule has 0 spiro atoms. The minimum absolute atomic E-state index is 0.0457. The fourth-order valence-electron chi connectivity index (χ4n) is 4.64. The second-order valence-electron chi connectivity index (χ2n) is 9.20. The average molecular weight is 543 g/mol. The van der Waals surface area contributed by atoms with Gasteiger partial charge in [-0.2, -0.15) is 0 Å². The maximum absolute atomic E-state index is 12.9. The van der Waals surface area contributed by atoms with Gasteiger partial charge in [0.05, 0.1) is 12.7 Å². The molecule has 1 heterocycles. The average Bonchev–Trinajstić information content (AvgIpc) is 3.56. The first-order valence-electron chi connectivity index (χ1n) is 12.6. The number of amides is 2. The quantitative estimate of drug-likeness (QED) is 0.267. The summed E-state index contributed by atoms with van der Waals surface area (Å²) >= 11 is 0. The summed E-state index contributed by atoms with van der Waals surface area (Å²) in [5, 5.41) is 21.5. The molecule has 0 aliphatic heterocycles. The Hall–Kier alpha value is -5.03. The third-order valence-electron chi connectivity index (χ3n) is 6.65. The lowest BCUT2D eigenvalue weighted by Crippen LogP contribution is -2.48. The molecule has 1 aliphatic rings. The van der Waals surface area contributed by atoms with Gasteiger partial charge in [-0.05, 0) is 45.1 Å². The van der Waals surface area contributed by atoms with E-state index in [-0.39, 0.29) is 24.9 Å². The fourth-order valence-corrected chi connectivity index (χ4v) is 4.64. The maximum Gasteiger partial charge on any atom is 0.412 e. The molecule has 0 saturated heterocycles. The molecular weight excluding hydrogens is 516 g/mol. The monoisotopic (exact) mass is 542 g/mol. The highest BCUT2D eigenvalue weighted by atomic mass is 16.6. The summed E-state index contributed by atoms with van der Waals surface area (Å²) in [5.41, 5.74) is 4.70. The van der Waals surface area contributed by atoms with Crippen LogP contribution in [-0.2, 0) is 20.9 Å². The van der Waals surface area contributed by atoms with Crippen LogP contribution in [0.5, 0.6) is 0 Å². The predicted octanol–water partition coefficient (Wildman–Crippen LogP) is 4.22. The van der Waals surface area contributed by atoms with E-state index in [0.29, 0.717) is 0 Å². The van der Waals surface area contributed by atoms with Gasteiger partial charge < -0.3 is 19.9 Å². The van der Waals surface area contributed by atoms with Crippen LogP contribution in [0.2, 0.25) is 0 Å². The zero-order chi connectivity index (χ0) is 28.1. The molecule has 11 heteroatoms. The summed E-state index contributed by atoms with van der Waals surface area (Å²) < 4.78 is 15.8. The van der Waals surface area contributed by atoms with E-state index in [9.17, 15) is 19.5 Å². The summed E-state index contributed by atoms with van der Waals surface area (Å²) in [6, 6.07) is 23.6. The molecule has 2 atom stereocenters. The molecule has 0 bridgehead atoms. The van der Waals surface area contributed by atoms with E-state index >= 15 is 0 Å². The highest BCUT2D eigenvalue weighted by Crippen LogP contribution is 2.44. The van der Waals surface area contributed by atoms with Gasteiger partial charge in [0.2, 0.25) is 11.5 Å². The minimum atomic E-state index is -1.41.